The molecular formula is C23H32N6O2. The van der Waals surface area contributed by atoms with E-state index in [-0.39, 0.29) is 18.3 Å². The second kappa shape index (κ2) is 13.0. The summed E-state index contributed by atoms with van der Waals surface area (Å²) < 4.78 is 10.4. The van der Waals surface area contributed by atoms with Crippen LogP contribution in [0.5, 0.6) is 0 Å². The van der Waals surface area contributed by atoms with E-state index in [0.717, 1.165) is 12.1 Å². The van der Waals surface area contributed by atoms with Crippen molar-refractivity contribution in [2.24, 2.45) is 10.7 Å². The van der Waals surface area contributed by atoms with Gasteiger partial charge in [-0.2, -0.15) is 0 Å². The average Bonchev–Trinajstić information content (AvgIpc) is 2.81. The minimum absolute atomic E-state index is 0.105. The third-order valence-corrected chi connectivity index (χ3v) is 4.57. The fourth-order valence-corrected chi connectivity index (χ4v) is 2.79. The molecule has 0 radical (unpaired) electrons. The van der Waals surface area contributed by atoms with Gasteiger partial charge in [0.15, 0.2) is 5.84 Å². The number of nitrogens with two attached hydrogens (primary N) is 1. The number of anilines is 1. The lowest BCUT2D eigenvalue weighted by atomic mass is 10.1. The summed E-state index contributed by atoms with van der Waals surface area (Å²) in [4.78, 5) is 5.80. The number of ether oxygens (including phenoxy) is 2. The van der Waals surface area contributed by atoms with Gasteiger partial charge in [0.2, 0.25) is 0 Å². The van der Waals surface area contributed by atoms with Gasteiger partial charge in [-0.15, -0.1) is 0 Å². The highest BCUT2D eigenvalue weighted by Crippen LogP contribution is 2.15. The van der Waals surface area contributed by atoms with Crippen molar-refractivity contribution in [3.8, 4) is 0 Å². The summed E-state index contributed by atoms with van der Waals surface area (Å²) in [5, 5.41) is 14.1. The number of rotatable bonds is 13. The Morgan fingerprint density at radius 3 is 2.39 bits per heavy atom. The Kier molecular flexibility index (Phi) is 10.1. The highest BCUT2D eigenvalue weighted by atomic mass is 16.5. The molecule has 0 aliphatic rings. The third kappa shape index (κ3) is 8.12. The lowest BCUT2D eigenvalue weighted by Crippen LogP contribution is -2.33. The van der Waals surface area contributed by atoms with Crippen LogP contribution < -0.4 is 21.3 Å². The minimum Gasteiger partial charge on any atom is -0.393 e. The maximum Gasteiger partial charge on any atom is 0.171 e. The van der Waals surface area contributed by atoms with Crippen molar-refractivity contribution < 1.29 is 9.47 Å². The zero-order chi connectivity index (χ0) is 22.5. The standard InChI is InChI=1S/C23H32N6O2/c1-26-22(25)21(24)23(28-17-31-14-13-30-3)27-15-18-9-11-19(12-10-18)16-29(2)20-7-5-4-6-8-20/h4-12,25,27-28H,1,13-17,24H2,2-3H3/b23-21+,25-22?. The Morgan fingerprint density at radius 1 is 1.06 bits per heavy atom. The normalized spacial score (nSPS) is 11.4. The van der Waals surface area contributed by atoms with Gasteiger partial charge in [0.25, 0.3) is 0 Å². The molecule has 0 aliphatic heterocycles. The van der Waals surface area contributed by atoms with E-state index in [2.05, 4.69) is 70.7 Å². The molecule has 0 heterocycles. The molecule has 31 heavy (non-hydrogen) atoms. The van der Waals surface area contributed by atoms with Crippen molar-refractivity contribution in [1.82, 2.24) is 10.6 Å². The number of benzene rings is 2. The van der Waals surface area contributed by atoms with Gasteiger partial charge < -0.3 is 30.7 Å². The lowest BCUT2D eigenvalue weighted by Gasteiger charge is -2.20. The number of nitrogens with zero attached hydrogens (tertiary/aromatic N) is 2. The maximum atomic E-state index is 7.81. The zero-order valence-electron chi connectivity index (χ0n) is 18.2. The smallest absolute Gasteiger partial charge is 0.171 e. The summed E-state index contributed by atoms with van der Waals surface area (Å²) in [7, 11) is 3.69. The second-order valence-corrected chi connectivity index (χ2v) is 6.88. The molecule has 0 saturated carbocycles. The van der Waals surface area contributed by atoms with E-state index in [1.54, 1.807) is 7.11 Å². The van der Waals surface area contributed by atoms with E-state index in [0.29, 0.717) is 25.6 Å². The van der Waals surface area contributed by atoms with Crippen molar-refractivity contribution in [3.05, 3.63) is 77.2 Å². The summed E-state index contributed by atoms with van der Waals surface area (Å²) in [6.07, 6.45) is 0. The van der Waals surface area contributed by atoms with E-state index in [9.17, 15) is 0 Å². The molecule has 0 amide bonds. The van der Waals surface area contributed by atoms with Gasteiger partial charge in [0.1, 0.15) is 18.2 Å². The summed E-state index contributed by atoms with van der Waals surface area (Å²) in [6, 6.07) is 18.6. The zero-order valence-corrected chi connectivity index (χ0v) is 18.2. The highest BCUT2D eigenvalue weighted by molar-refractivity contribution is 5.98. The number of para-hydroxylation sites is 1. The van der Waals surface area contributed by atoms with Gasteiger partial charge in [-0.3, -0.25) is 5.41 Å². The van der Waals surface area contributed by atoms with Gasteiger partial charge >= 0.3 is 0 Å². The van der Waals surface area contributed by atoms with Crippen LogP contribution in [0.2, 0.25) is 0 Å². The molecule has 0 unspecified atom stereocenters. The van der Waals surface area contributed by atoms with Gasteiger partial charge in [-0.25, -0.2) is 4.99 Å². The molecule has 0 saturated heterocycles. The molecule has 2 aromatic carbocycles. The SMILES string of the molecule is C=NC(=N)/C(N)=C(\NCOCCOC)NCc1ccc(CN(C)c2ccccc2)cc1. The number of hydrogen-bond acceptors (Lipinski definition) is 7. The molecule has 0 atom stereocenters. The average molecular weight is 425 g/mol. The fourth-order valence-electron chi connectivity index (χ4n) is 2.79. The maximum absolute atomic E-state index is 7.81. The predicted molar refractivity (Wildman–Crippen MR) is 126 cm³/mol. The van der Waals surface area contributed by atoms with Crippen molar-refractivity contribution >= 4 is 18.2 Å². The minimum atomic E-state index is -0.105. The van der Waals surface area contributed by atoms with Crippen LogP contribution in [0.4, 0.5) is 5.69 Å². The largest absolute Gasteiger partial charge is 0.393 e. The lowest BCUT2D eigenvalue weighted by molar-refractivity contribution is 0.0636. The summed E-state index contributed by atoms with van der Waals surface area (Å²) in [6.45, 7) is 5.88. The van der Waals surface area contributed by atoms with E-state index in [1.807, 2.05) is 18.2 Å². The van der Waals surface area contributed by atoms with E-state index in [1.165, 1.54) is 11.3 Å². The molecular weight excluding hydrogens is 392 g/mol. The molecule has 2 aromatic rings. The van der Waals surface area contributed by atoms with Crippen LogP contribution in [0.15, 0.2) is 71.1 Å². The second-order valence-electron chi connectivity index (χ2n) is 6.88. The Labute approximate surface area is 184 Å². The van der Waals surface area contributed by atoms with Crippen molar-refractivity contribution in [1.29, 1.82) is 5.41 Å². The van der Waals surface area contributed by atoms with Crippen LogP contribution in [0.25, 0.3) is 0 Å². The Hall–Kier alpha value is -3.36. The van der Waals surface area contributed by atoms with Crippen LogP contribution >= 0.6 is 0 Å². The van der Waals surface area contributed by atoms with Gasteiger partial charge in [0.05, 0.1) is 13.2 Å². The first-order valence-corrected chi connectivity index (χ1v) is 9.99. The first-order chi connectivity index (χ1) is 15.0. The third-order valence-electron chi connectivity index (χ3n) is 4.57. The van der Waals surface area contributed by atoms with Gasteiger partial charge in [0, 0.05) is 32.9 Å². The first-order valence-electron chi connectivity index (χ1n) is 9.99. The highest BCUT2D eigenvalue weighted by Gasteiger charge is 2.08. The number of nitrogens with one attached hydrogen (secondary N) is 3. The Balaban J connectivity index is 1.94. The molecule has 166 valence electrons. The van der Waals surface area contributed by atoms with E-state index in [4.69, 9.17) is 20.6 Å². The van der Waals surface area contributed by atoms with Crippen LogP contribution in [0.1, 0.15) is 11.1 Å². The quantitative estimate of drug-likeness (QED) is 0.170. The molecule has 8 nitrogen and oxygen atoms in total. The molecule has 0 spiro atoms. The summed E-state index contributed by atoms with van der Waals surface area (Å²) in [5.74, 6) is 0.369. The number of amidine groups is 1. The molecule has 0 bridgehead atoms. The van der Waals surface area contributed by atoms with E-state index >= 15 is 0 Å². The first kappa shape index (κ1) is 23.9. The van der Waals surface area contributed by atoms with Crippen molar-refractivity contribution in [3.63, 3.8) is 0 Å². The molecule has 0 aromatic heterocycles. The summed E-state index contributed by atoms with van der Waals surface area (Å²) in [5.41, 5.74) is 9.67. The van der Waals surface area contributed by atoms with Gasteiger partial charge in [-0.05, 0) is 30.0 Å². The number of methoxy groups -OCH3 is 1. The molecule has 5 N–H and O–H groups in total. The van der Waals surface area contributed by atoms with Crippen LogP contribution in [0.3, 0.4) is 0 Å². The monoisotopic (exact) mass is 424 g/mol. The van der Waals surface area contributed by atoms with Crippen molar-refractivity contribution in [2.45, 2.75) is 13.1 Å². The molecule has 0 aliphatic carbocycles. The Morgan fingerprint density at radius 2 is 1.74 bits per heavy atom. The number of hydrogen-bond donors (Lipinski definition) is 4. The Bertz CT molecular complexity index is 852. The van der Waals surface area contributed by atoms with Crippen LogP contribution in [-0.2, 0) is 22.6 Å². The fraction of sp³-hybridized carbons (Fsp3) is 0.304. The van der Waals surface area contributed by atoms with Crippen molar-refractivity contribution in [2.75, 3.05) is 39.0 Å². The predicted octanol–water partition coefficient (Wildman–Crippen LogP) is 2.43. The molecule has 0 fully saturated rings. The van der Waals surface area contributed by atoms with Crippen LogP contribution in [0, 0.1) is 5.41 Å². The molecule has 8 heteroatoms. The summed E-state index contributed by atoms with van der Waals surface area (Å²) >= 11 is 0. The number of aliphatic imine (C=N–C) groups is 1. The van der Waals surface area contributed by atoms with Crippen LogP contribution in [-0.4, -0.2) is 46.7 Å². The van der Waals surface area contributed by atoms with Gasteiger partial charge in [-0.1, -0.05) is 42.5 Å². The van der Waals surface area contributed by atoms with E-state index < -0.39 is 0 Å². The molecule has 2 rings (SSSR count). The topological polar surface area (TPSA) is 108 Å².